The fraction of sp³-hybridized carbons (Fsp3) is 0.227. The first-order chi connectivity index (χ1) is 16.4. The van der Waals surface area contributed by atoms with Gasteiger partial charge in [0, 0.05) is 53.4 Å². The molecule has 0 saturated heterocycles. The van der Waals surface area contributed by atoms with Gasteiger partial charge in [0.1, 0.15) is 17.3 Å². The topological polar surface area (TPSA) is 125 Å². The first kappa shape index (κ1) is 23.5. The molecule has 176 valence electrons. The van der Waals surface area contributed by atoms with E-state index in [4.69, 9.17) is 15.2 Å². The molecule has 0 aliphatic heterocycles. The number of hydrogen-bond acceptors (Lipinski definition) is 9. The highest BCUT2D eigenvalue weighted by Gasteiger charge is 2.19. The highest BCUT2D eigenvalue weighted by Crippen LogP contribution is 2.39. The molecule has 3 aromatic heterocycles. The van der Waals surface area contributed by atoms with Gasteiger partial charge < -0.3 is 15.2 Å². The van der Waals surface area contributed by atoms with E-state index in [-0.39, 0.29) is 22.6 Å². The third-order valence-corrected chi connectivity index (χ3v) is 5.92. The van der Waals surface area contributed by atoms with Crippen LogP contribution in [0.15, 0.2) is 47.6 Å². The third kappa shape index (κ3) is 5.46. The second-order valence-electron chi connectivity index (χ2n) is 7.30. The number of rotatable bonds is 9. The van der Waals surface area contributed by atoms with Gasteiger partial charge in [0.25, 0.3) is 0 Å². The van der Waals surface area contributed by atoms with Gasteiger partial charge in [-0.15, -0.1) is 22.0 Å². The Labute approximate surface area is 198 Å². The first-order valence-electron chi connectivity index (χ1n) is 10.2. The number of nitrogens with zero attached hydrogens (tertiary/aromatic N) is 5. The van der Waals surface area contributed by atoms with E-state index in [1.54, 1.807) is 37.2 Å². The molecule has 4 rings (SSSR count). The molecule has 0 saturated carbocycles. The number of benzene rings is 1. The molecule has 34 heavy (non-hydrogen) atoms. The van der Waals surface area contributed by atoms with Crippen LogP contribution in [0.5, 0.6) is 11.5 Å². The van der Waals surface area contributed by atoms with E-state index in [0.29, 0.717) is 29.3 Å². The summed E-state index contributed by atoms with van der Waals surface area (Å²) in [6.45, 7) is 2.68. The fourth-order valence-electron chi connectivity index (χ4n) is 3.09. The molecule has 1 atom stereocenters. The Morgan fingerprint density at radius 2 is 1.97 bits per heavy atom. The summed E-state index contributed by atoms with van der Waals surface area (Å²) in [6.07, 6.45) is 4.01. The summed E-state index contributed by atoms with van der Waals surface area (Å²) in [7, 11) is 1.65. The highest BCUT2D eigenvalue weighted by molar-refractivity contribution is 7.99. The van der Waals surface area contributed by atoms with Gasteiger partial charge in [0.2, 0.25) is 5.82 Å². The Bertz CT molecular complexity index is 1270. The molecule has 3 N–H and O–H groups in total. The molecule has 1 aromatic carbocycles. The number of ether oxygens (including phenoxy) is 2. The van der Waals surface area contributed by atoms with Gasteiger partial charge in [-0.3, -0.25) is 4.98 Å². The zero-order chi connectivity index (χ0) is 24.1. The summed E-state index contributed by atoms with van der Waals surface area (Å²) in [5, 5.41) is 14.1. The van der Waals surface area contributed by atoms with Gasteiger partial charge in [-0.25, -0.2) is 13.8 Å². The minimum Gasteiger partial charge on any atom is -0.452 e. The molecule has 0 bridgehead atoms. The van der Waals surface area contributed by atoms with Crippen molar-refractivity contribution in [3.05, 3.63) is 54.4 Å². The van der Waals surface area contributed by atoms with Crippen LogP contribution in [0.2, 0.25) is 0 Å². The van der Waals surface area contributed by atoms with Crippen LogP contribution in [-0.4, -0.2) is 49.6 Å². The number of anilines is 1. The number of H-pyrrole nitrogens is 1. The molecule has 0 fully saturated rings. The van der Waals surface area contributed by atoms with Gasteiger partial charge in [-0.05, 0) is 35.9 Å². The first-order valence-corrected chi connectivity index (χ1v) is 11.1. The van der Waals surface area contributed by atoms with Crippen LogP contribution in [0.3, 0.4) is 0 Å². The molecular formula is C22H21F2N7O2S. The van der Waals surface area contributed by atoms with Crippen LogP contribution in [0.4, 0.5) is 14.6 Å². The molecule has 0 amide bonds. The van der Waals surface area contributed by atoms with E-state index in [1.807, 2.05) is 0 Å². The summed E-state index contributed by atoms with van der Waals surface area (Å²) < 4.78 is 38.8. The molecular weight excluding hydrogens is 464 g/mol. The van der Waals surface area contributed by atoms with Crippen LogP contribution < -0.4 is 10.5 Å². The number of nitrogens with two attached hydrogens (primary N) is 1. The maximum atomic E-state index is 14.4. The number of thioether (sulfide) groups is 1. The molecule has 0 radical (unpaired) electrons. The van der Waals surface area contributed by atoms with Gasteiger partial charge in [0.15, 0.2) is 17.3 Å². The number of nitrogens with one attached hydrogen (secondary N) is 1. The fourth-order valence-corrected chi connectivity index (χ4v) is 4.06. The molecule has 1 unspecified atom stereocenters. The molecule has 0 aliphatic rings. The van der Waals surface area contributed by atoms with E-state index in [0.717, 1.165) is 23.4 Å². The molecule has 3 heterocycles. The zero-order valence-corrected chi connectivity index (χ0v) is 19.1. The average molecular weight is 486 g/mol. The predicted molar refractivity (Wildman–Crippen MR) is 123 cm³/mol. The molecule has 9 nitrogen and oxygen atoms in total. The van der Waals surface area contributed by atoms with Crippen LogP contribution in [0.1, 0.15) is 13.3 Å². The monoisotopic (exact) mass is 485 g/mol. The normalized spacial score (nSPS) is 12.0. The molecule has 0 spiro atoms. The van der Waals surface area contributed by atoms with Crippen LogP contribution >= 0.6 is 11.8 Å². The molecule has 12 heteroatoms. The number of aromatic nitrogens is 6. The van der Waals surface area contributed by atoms with Crippen molar-refractivity contribution >= 4 is 17.6 Å². The predicted octanol–water partition coefficient (Wildman–Crippen LogP) is 4.49. The molecule has 0 aliphatic carbocycles. The van der Waals surface area contributed by atoms with Gasteiger partial charge in [-0.2, -0.15) is 5.21 Å². The summed E-state index contributed by atoms with van der Waals surface area (Å²) in [6, 6.07) is 6.51. The Hall–Kier alpha value is -3.64. The van der Waals surface area contributed by atoms with Crippen molar-refractivity contribution in [2.75, 3.05) is 19.5 Å². The van der Waals surface area contributed by atoms with Crippen LogP contribution in [-0.2, 0) is 4.74 Å². The van der Waals surface area contributed by atoms with Crippen molar-refractivity contribution in [3.63, 3.8) is 0 Å². The Morgan fingerprint density at radius 3 is 2.71 bits per heavy atom. The number of nitrogen functional groups attached to an aromatic ring is 1. The van der Waals surface area contributed by atoms with Crippen molar-refractivity contribution < 1.29 is 18.3 Å². The third-order valence-electron chi connectivity index (χ3n) is 4.78. The smallest absolute Gasteiger partial charge is 0.206 e. The van der Waals surface area contributed by atoms with Gasteiger partial charge >= 0.3 is 0 Å². The number of halogens is 2. The summed E-state index contributed by atoms with van der Waals surface area (Å²) in [5.41, 5.74) is 7.45. The number of aromatic amines is 1. The van der Waals surface area contributed by atoms with Gasteiger partial charge in [-0.1, -0.05) is 6.92 Å². The van der Waals surface area contributed by atoms with Crippen LogP contribution in [0.25, 0.3) is 22.6 Å². The van der Waals surface area contributed by atoms with Crippen molar-refractivity contribution in [2.45, 2.75) is 23.5 Å². The lowest BCUT2D eigenvalue weighted by molar-refractivity contribution is 0.195. The lowest BCUT2D eigenvalue weighted by Gasteiger charge is -2.16. The SMILES string of the molecule is COCCC(C)Sc1cnc(-c2cc(-c3nn[nH]n3)cnc2N)c(Oc2ccc(F)cc2F)c1. The second-order valence-corrected chi connectivity index (χ2v) is 8.81. The standard InChI is InChI=1S/C22H21F2N7O2S/c1-12(5-6-32-2)34-15-9-19(33-18-4-3-14(23)8-17(18)24)20(26-11-15)16-7-13(10-27-21(16)25)22-28-30-31-29-22/h3-4,7-12H,5-6H2,1-2H3,(H2,25,27)(H,28,29,30,31). The Kier molecular flexibility index (Phi) is 7.28. The van der Waals surface area contributed by atoms with Gasteiger partial charge in [0.05, 0.1) is 0 Å². The zero-order valence-electron chi connectivity index (χ0n) is 18.3. The Morgan fingerprint density at radius 1 is 1.12 bits per heavy atom. The summed E-state index contributed by atoms with van der Waals surface area (Å²) in [4.78, 5) is 9.56. The minimum absolute atomic E-state index is 0.153. The number of methoxy groups -OCH3 is 1. The van der Waals surface area contributed by atoms with Crippen molar-refractivity contribution in [2.24, 2.45) is 0 Å². The van der Waals surface area contributed by atoms with Crippen molar-refractivity contribution in [1.82, 2.24) is 30.6 Å². The van der Waals surface area contributed by atoms with Crippen molar-refractivity contribution in [3.8, 4) is 34.1 Å². The van der Waals surface area contributed by atoms with E-state index >= 15 is 0 Å². The summed E-state index contributed by atoms with van der Waals surface area (Å²) in [5.74, 6) is -0.976. The Balaban J connectivity index is 1.76. The highest BCUT2D eigenvalue weighted by atomic mass is 32.2. The van der Waals surface area contributed by atoms with Crippen LogP contribution in [0, 0.1) is 11.6 Å². The van der Waals surface area contributed by atoms with Crippen molar-refractivity contribution in [1.29, 1.82) is 0 Å². The quantitative estimate of drug-likeness (QED) is 0.330. The lowest BCUT2D eigenvalue weighted by atomic mass is 10.1. The largest absolute Gasteiger partial charge is 0.452 e. The van der Waals surface area contributed by atoms with E-state index in [9.17, 15) is 8.78 Å². The maximum absolute atomic E-state index is 14.4. The number of hydrogen-bond donors (Lipinski definition) is 2. The summed E-state index contributed by atoms with van der Waals surface area (Å²) >= 11 is 1.57. The lowest BCUT2D eigenvalue weighted by Crippen LogP contribution is -2.02. The average Bonchev–Trinajstić information content (AvgIpc) is 3.35. The minimum atomic E-state index is -0.843. The number of pyridine rings is 2. The second kappa shape index (κ2) is 10.5. The maximum Gasteiger partial charge on any atom is 0.206 e. The molecule has 4 aromatic rings. The van der Waals surface area contributed by atoms with E-state index in [2.05, 4.69) is 37.5 Å². The number of tetrazole rings is 1. The van der Waals surface area contributed by atoms with E-state index in [1.165, 1.54) is 12.3 Å². The van der Waals surface area contributed by atoms with E-state index < -0.39 is 11.6 Å².